The number of hydrogen-bond donors (Lipinski definition) is 1. The zero-order valence-corrected chi connectivity index (χ0v) is 27.5. The normalized spacial score (nSPS) is 32.4. The van der Waals surface area contributed by atoms with Gasteiger partial charge in [0, 0.05) is 37.3 Å². The molecule has 3 aromatic rings. The van der Waals surface area contributed by atoms with Crippen molar-refractivity contribution in [2.45, 2.75) is 64.1 Å². The number of carbonyl (C=O) groups is 3. The molecule has 0 spiro atoms. The van der Waals surface area contributed by atoms with Crippen molar-refractivity contribution in [2.75, 3.05) is 14.1 Å². The molecule has 1 N–H and O–H groups in total. The topological polar surface area (TPSA) is 115 Å². The van der Waals surface area contributed by atoms with Crippen LogP contribution < -0.4 is 0 Å². The van der Waals surface area contributed by atoms with Crippen molar-refractivity contribution in [2.24, 2.45) is 28.6 Å². The molecule has 2 aromatic heterocycles. The lowest BCUT2D eigenvalue weighted by Crippen LogP contribution is -2.62. The molecule has 0 unspecified atom stereocenters. The molecule has 1 amide bonds. The predicted molar refractivity (Wildman–Crippen MR) is 169 cm³/mol. The number of aromatic nitrogens is 2. The molecule has 4 aliphatic carbocycles. The maximum Gasteiger partial charge on any atom is 0.375 e. The molecular formula is C35H37F2N3O6S. The van der Waals surface area contributed by atoms with Gasteiger partial charge in [-0.3, -0.25) is 9.59 Å². The molecule has 0 bridgehead atoms. The van der Waals surface area contributed by atoms with Gasteiger partial charge in [-0.05, 0) is 97.6 Å². The Kier molecular flexibility index (Phi) is 7.55. The van der Waals surface area contributed by atoms with Gasteiger partial charge in [0.1, 0.15) is 11.6 Å². The van der Waals surface area contributed by atoms with Crippen molar-refractivity contribution in [3.05, 3.63) is 77.0 Å². The summed E-state index contributed by atoms with van der Waals surface area (Å²) in [5.74, 6) is -2.42. The zero-order chi connectivity index (χ0) is 33.5. The number of carbonyl (C=O) groups excluding carboxylic acids is 3. The molecule has 2 heterocycles. The van der Waals surface area contributed by atoms with Crippen molar-refractivity contribution in [1.82, 2.24) is 14.7 Å². The number of furan rings is 1. The summed E-state index contributed by atoms with van der Waals surface area (Å²) in [5, 5.41) is 15.6. The van der Waals surface area contributed by atoms with Crippen LogP contribution in [-0.2, 0) is 16.0 Å². The van der Waals surface area contributed by atoms with Crippen LogP contribution in [0.2, 0.25) is 0 Å². The first kappa shape index (κ1) is 31.8. The quantitative estimate of drug-likeness (QED) is 0.317. The van der Waals surface area contributed by atoms with E-state index in [1.165, 1.54) is 29.4 Å². The Morgan fingerprint density at radius 1 is 1.15 bits per heavy atom. The van der Waals surface area contributed by atoms with E-state index in [0.717, 1.165) is 35.7 Å². The fourth-order valence-electron chi connectivity index (χ4n) is 9.44. The fraction of sp³-hybridized carbons (Fsp3) is 0.486. The monoisotopic (exact) mass is 665 g/mol. The molecule has 0 saturated heterocycles. The van der Waals surface area contributed by atoms with E-state index in [2.05, 4.69) is 18.1 Å². The lowest BCUT2D eigenvalue weighted by molar-refractivity contribution is -0.175. The van der Waals surface area contributed by atoms with Crippen molar-refractivity contribution in [3.8, 4) is 5.69 Å². The average Bonchev–Trinajstić information content (AvgIpc) is 3.73. The van der Waals surface area contributed by atoms with E-state index in [9.17, 15) is 28.3 Å². The predicted octanol–water partition coefficient (Wildman–Crippen LogP) is 6.43. The van der Waals surface area contributed by atoms with E-state index in [1.807, 2.05) is 6.92 Å². The minimum Gasteiger partial charge on any atom is -0.457 e. The molecule has 3 saturated carbocycles. The number of hydrogen-bond acceptors (Lipinski definition) is 8. The Morgan fingerprint density at radius 3 is 2.57 bits per heavy atom. The number of benzene rings is 1. The number of aliphatic hydroxyl groups is 1. The summed E-state index contributed by atoms with van der Waals surface area (Å²) in [6.07, 6.45) is 7.35. The number of thioether (sulfide) groups is 1. The molecule has 0 aliphatic heterocycles. The number of fused-ring (bicyclic) bond motifs is 6. The standard InChI is InChI=1S/C35H37F2N3O6S/c1-33-16-19-18-38-40(23-14-21(36)13-22(37)15-23)26(19)12-20(33)7-8-24-25-9-10-35(31(43)47-32(44)39(3)4,34(25,2)17-27(41)29(24)33)46-30(42)28-6-5-11-45-28/h5-6,11-15,18,24-25,27,29,41H,7-10,16-17H2,1-4H3/t24-,25-,27-,29+,33-,34-,35-/m0/s1. The SMILES string of the molecule is CN(C)C(=O)SC(=O)[C@@]1(OC(=O)c2ccco2)CC[C@H]2[C@@H]3CCC4=Cc5c(cnn5-c5cc(F)cc(F)c5)C[C@]4(C)[C@H]3[C@@H](O)C[C@@]21C. The second kappa shape index (κ2) is 11.2. The Labute approximate surface area is 275 Å². The molecule has 4 aliphatic rings. The molecule has 3 fully saturated rings. The van der Waals surface area contributed by atoms with Gasteiger partial charge in [0.15, 0.2) is 5.60 Å². The Morgan fingerprint density at radius 2 is 1.89 bits per heavy atom. The Balaban J connectivity index is 1.24. The molecule has 9 nitrogen and oxygen atoms in total. The number of halogens is 2. The number of aliphatic hydroxyl groups excluding tert-OH is 1. The minimum absolute atomic E-state index is 0.00588. The summed E-state index contributed by atoms with van der Waals surface area (Å²) in [7, 11) is 3.11. The molecule has 47 heavy (non-hydrogen) atoms. The molecule has 1 aromatic carbocycles. The van der Waals surface area contributed by atoms with Gasteiger partial charge in [0.25, 0.3) is 5.24 Å². The van der Waals surface area contributed by atoms with Gasteiger partial charge in [-0.1, -0.05) is 19.4 Å². The van der Waals surface area contributed by atoms with E-state index in [4.69, 9.17) is 9.15 Å². The van der Waals surface area contributed by atoms with Gasteiger partial charge in [-0.15, -0.1) is 0 Å². The third kappa shape index (κ3) is 4.81. The summed E-state index contributed by atoms with van der Waals surface area (Å²) >= 11 is 0.533. The number of nitrogens with zero attached hydrogens (tertiary/aromatic N) is 3. The number of amides is 1. The minimum atomic E-state index is -1.65. The van der Waals surface area contributed by atoms with Crippen LogP contribution in [0.25, 0.3) is 11.8 Å². The van der Waals surface area contributed by atoms with Crippen LogP contribution in [0.4, 0.5) is 13.6 Å². The zero-order valence-electron chi connectivity index (χ0n) is 26.7. The summed E-state index contributed by atoms with van der Waals surface area (Å²) in [6.45, 7) is 4.09. The second-order valence-corrected chi connectivity index (χ2v) is 15.1. The van der Waals surface area contributed by atoms with Crippen LogP contribution in [0.15, 0.2) is 52.8 Å². The van der Waals surface area contributed by atoms with Crippen LogP contribution >= 0.6 is 11.8 Å². The van der Waals surface area contributed by atoms with Gasteiger partial charge in [0.05, 0.1) is 29.9 Å². The highest BCUT2D eigenvalue weighted by Gasteiger charge is 2.71. The van der Waals surface area contributed by atoms with Crippen LogP contribution in [0, 0.1) is 40.2 Å². The van der Waals surface area contributed by atoms with E-state index < -0.39 is 50.5 Å². The van der Waals surface area contributed by atoms with Crippen molar-refractivity contribution in [1.29, 1.82) is 0 Å². The number of allylic oxidation sites excluding steroid dienone is 1. The number of rotatable bonds is 4. The molecule has 12 heteroatoms. The van der Waals surface area contributed by atoms with Crippen LogP contribution in [0.5, 0.6) is 0 Å². The maximum absolute atomic E-state index is 14.2. The highest BCUT2D eigenvalue weighted by atomic mass is 32.2. The van der Waals surface area contributed by atoms with Crippen molar-refractivity contribution < 1.29 is 37.4 Å². The molecular weight excluding hydrogens is 628 g/mol. The average molecular weight is 666 g/mol. The fourth-order valence-corrected chi connectivity index (χ4v) is 10.3. The second-order valence-electron chi connectivity index (χ2n) is 14.2. The highest BCUT2D eigenvalue weighted by molar-refractivity contribution is 8.26. The maximum atomic E-state index is 14.2. The Bertz CT molecular complexity index is 1790. The van der Waals surface area contributed by atoms with Crippen molar-refractivity contribution >= 4 is 34.2 Å². The van der Waals surface area contributed by atoms with Crippen molar-refractivity contribution in [3.63, 3.8) is 0 Å². The van der Waals surface area contributed by atoms with E-state index >= 15 is 0 Å². The lowest BCUT2D eigenvalue weighted by Gasteiger charge is -2.60. The van der Waals surface area contributed by atoms with Gasteiger partial charge in [0.2, 0.25) is 10.9 Å². The van der Waals surface area contributed by atoms with E-state index in [0.29, 0.717) is 30.3 Å². The third-order valence-electron chi connectivity index (χ3n) is 11.5. The van der Waals surface area contributed by atoms with E-state index in [1.54, 1.807) is 31.0 Å². The molecule has 248 valence electrons. The van der Waals surface area contributed by atoms with Gasteiger partial charge < -0.3 is 19.2 Å². The third-order valence-corrected chi connectivity index (χ3v) is 12.6. The molecule has 0 radical (unpaired) electrons. The van der Waals surface area contributed by atoms with Gasteiger partial charge in [-0.2, -0.15) is 5.10 Å². The van der Waals surface area contributed by atoms with Crippen LogP contribution in [0.1, 0.15) is 67.8 Å². The first-order valence-electron chi connectivity index (χ1n) is 15.9. The Hall–Kier alpha value is -3.77. The lowest BCUT2D eigenvalue weighted by atomic mass is 9.45. The highest BCUT2D eigenvalue weighted by Crippen LogP contribution is 2.69. The summed E-state index contributed by atoms with van der Waals surface area (Å²) in [5.41, 5.74) is 0.0985. The summed E-state index contributed by atoms with van der Waals surface area (Å²) in [4.78, 5) is 41.6. The number of esters is 1. The van der Waals surface area contributed by atoms with Gasteiger partial charge >= 0.3 is 5.97 Å². The molecule has 7 atom stereocenters. The summed E-state index contributed by atoms with van der Waals surface area (Å²) < 4.78 is 41.2. The summed E-state index contributed by atoms with van der Waals surface area (Å²) in [6, 6.07) is 6.37. The van der Waals surface area contributed by atoms with Gasteiger partial charge in [-0.25, -0.2) is 18.3 Å². The van der Waals surface area contributed by atoms with Crippen LogP contribution in [0.3, 0.4) is 0 Å². The first-order chi connectivity index (χ1) is 22.3. The smallest absolute Gasteiger partial charge is 0.375 e. The number of ether oxygens (including phenoxy) is 1. The largest absolute Gasteiger partial charge is 0.457 e. The van der Waals surface area contributed by atoms with E-state index in [-0.39, 0.29) is 36.4 Å². The van der Waals surface area contributed by atoms with Crippen LogP contribution in [-0.4, -0.2) is 61.9 Å². The first-order valence-corrected chi connectivity index (χ1v) is 16.7. The molecule has 7 rings (SSSR count).